The Labute approximate surface area is 101 Å². The van der Waals surface area contributed by atoms with E-state index in [-0.39, 0.29) is 5.97 Å². The Morgan fingerprint density at radius 2 is 2.00 bits per heavy atom. The second kappa shape index (κ2) is 4.24. The topological polar surface area (TPSA) is 35.5 Å². The van der Waals surface area contributed by atoms with Crippen LogP contribution >= 0.6 is 0 Å². The van der Waals surface area contributed by atoms with Crippen molar-refractivity contribution in [3.63, 3.8) is 0 Å². The van der Waals surface area contributed by atoms with Crippen LogP contribution in [0.5, 0.6) is 5.75 Å². The van der Waals surface area contributed by atoms with E-state index in [9.17, 15) is 4.79 Å². The van der Waals surface area contributed by atoms with Crippen molar-refractivity contribution in [2.45, 2.75) is 27.1 Å². The van der Waals surface area contributed by atoms with Gasteiger partial charge in [-0.25, -0.2) is 0 Å². The molecule has 0 saturated carbocycles. The number of para-hydroxylation sites is 1. The van der Waals surface area contributed by atoms with Crippen molar-refractivity contribution in [2.24, 2.45) is 5.41 Å². The number of hydrogen-bond acceptors (Lipinski definition) is 3. The standard InChI is InChI=1S/C14H16O3/c1-14(2,3)13(15)17-12-9-8-10-6-4-5-7-11(10)16-12/h4-9,12H,1-3H3. The molecule has 3 heteroatoms. The summed E-state index contributed by atoms with van der Waals surface area (Å²) in [6, 6.07) is 7.64. The van der Waals surface area contributed by atoms with Crippen LogP contribution in [-0.4, -0.2) is 12.3 Å². The van der Waals surface area contributed by atoms with Gasteiger partial charge in [0.05, 0.1) is 5.41 Å². The number of ether oxygens (including phenoxy) is 2. The maximum atomic E-state index is 11.7. The lowest BCUT2D eigenvalue weighted by atomic mass is 9.97. The molecule has 0 aliphatic carbocycles. The zero-order valence-electron chi connectivity index (χ0n) is 10.3. The second-order valence-corrected chi connectivity index (χ2v) is 5.04. The van der Waals surface area contributed by atoms with Crippen molar-refractivity contribution in [3.8, 4) is 5.75 Å². The molecule has 1 aliphatic heterocycles. The number of fused-ring (bicyclic) bond motifs is 1. The zero-order chi connectivity index (χ0) is 12.5. The van der Waals surface area contributed by atoms with E-state index in [1.54, 1.807) is 6.08 Å². The molecule has 1 aromatic carbocycles. The van der Waals surface area contributed by atoms with Crippen LogP contribution in [0.25, 0.3) is 6.08 Å². The lowest BCUT2D eigenvalue weighted by molar-refractivity contribution is -0.167. The highest BCUT2D eigenvalue weighted by Gasteiger charge is 2.27. The van der Waals surface area contributed by atoms with E-state index in [4.69, 9.17) is 9.47 Å². The van der Waals surface area contributed by atoms with Crippen molar-refractivity contribution in [1.29, 1.82) is 0 Å². The summed E-state index contributed by atoms with van der Waals surface area (Å²) in [5.41, 5.74) is 0.476. The molecule has 0 N–H and O–H groups in total. The molecule has 1 heterocycles. The first-order valence-electron chi connectivity index (χ1n) is 5.62. The fraction of sp³-hybridized carbons (Fsp3) is 0.357. The zero-order valence-corrected chi connectivity index (χ0v) is 10.3. The van der Waals surface area contributed by atoms with E-state index in [1.165, 1.54) is 0 Å². The summed E-state index contributed by atoms with van der Waals surface area (Å²) < 4.78 is 10.8. The van der Waals surface area contributed by atoms with E-state index in [1.807, 2.05) is 51.1 Å². The Balaban J connectivity index is 2.07. The molecule has 1 atom stereocenters. The van der Waals surface area contributed by atoms with Gasteiger partial charge in [-0.1, -0.05) is 18.2 Å². The average molecular weight is 232 g/mol. The van der Waals surface area contributed by atoms with Gasteiger partial charge in [-0.2, -0.15) is 0 Å². The van der Waals surface area contributed by atoms with E-state index in [0.717, 1.165) is 11.3 Å². The first-order chi connectivity index (χ1) is 7.97. The van der Waals surface area contributed by atoms with Gasteiger partial charge in [0.25, 0.3) is 6.29 Å². The van der Waals surface area contributed by atoms with Crippen LogP contribution in [0.1, 0.15) is 26.3 Å². The number of benzene rings is 1. The summed E-state index contributed by atoms with van der Waals surface area (Å²) in [6.45, 7) is 5.45. The van der Waals surface area contributed by atoms with Gasteiger partial charge in [-0.3, -0.25) is 4.79 Å². The van der Waals surface area contributed by atoms with Crippen molar-refractivity contribution >= 4 is 12.0 Å². The van der Waals surface area contributed by atoms with Crippen molar-refractivity contribution in [2.75, 3.05) is 0 Å². The molecule has 0 fully saturated rings. The fourth-order valence-corrected chi connectivity index (χ4v) is 1.42. The minimum absolute atomic E-state index is 0.272. The molecule has 0 aromatic heterocycles. The third-order valence-electron chi connectivity index (χ3n) is 2.43. The highest BCUT2D eigenvalue weighted by molar-refractivity contribution is 5.76. The Hall–Kier alpha value is -1.77. The van der Waals surface area contributed by atoms with Gasteiger partial charge >= 0.3 is 5.97 Å². The lowest BCUT2D eigenvalue weighted by Gasteiger charge is -2.24. The second-order valence-electron chi connectivity index (χ2n) is 5.04. The quantitative estimate of drug-likeness (QED) is 0.698. The van der Waals surface area contributed by atoms with Crippen LogP contribution in [0.4, 0.5) is 0 Å². The minimum atomic E-state index is -0.628. The highest BCUT2D eigenvalue weighted by atomic mass is 16.7. The van der Waals surface area contributed by atoms with Gasteiger partial charge in [0.2, 0.25) is 0 Å². The third-order valence-corrected chi connectivity index (χ3v) is 2.43. The number of carbonyl (C=O) groups excluding carboxylic acids is 1. The molecular formula is C14H16O3. The van der Waals surface area contributed by atoms with Crippen LogP contribution in [0.2, 0.25) is 0 Å². The summed E-state index contributed by atoms with van der Waals surface area (Å²) in [4.78, 5) is 11.7. The fourth-order valence-electron chi connectivity index (χ4n) is 1.42. The Morgan fingerprint density at radius 3 is 2.71 bits per heavy atom. The van der Waals surface area contributed by atoms with E-state index in [2.05, 4.69) is 0 Å². The smallest absolute Gasteiger partial charge is 0.314 e. The first-order valence-corrected chi connectivity index (χ1v) is 5.62. The molecule has 0 spiro atoms. The van der Waals surface area contributed by atoms with Gasteiger partial charge in [-0.05, 0) is 39.0 Å². The Bertz CT molecular complexity index is 455. The number of hydrogen-bond donors (Lipinski definition) is 0. The van der Waals surface area contributed by atoms with E-state index < -0.39 is 11.7 Å². The monoisotopic (exact) mass is 232 g/mol. The van der Waals surface area contributed by atoms with E-state index in [0.29, 0.717) is 0 Å². The van der Waals surface area contributed by atoms with Crippen molar-refractivity contribution in [3.05, 3.63) is 35.9 Å². The molecular weight excluding hydrogens is 216 g/mol. The first kappa shape index (κ1) is 11.7. The van der Waals surface area contributed by atoms with Gasteiger partial charge < -0.3 is 9.47 Å². The molecule has 0 saturated heterocycles. The van der Waals surface area contributed by atoms with Crippen LogP contribution in [0.3, 0.4) is 0 Å². The van der Waals surface area contributed by atoms with Crippen LogP contribution in [0.15, 0.2) is 30.3 Å². The summed E-state index contributed by atoms with van der Waals surface area (Å²) in [6.07, 6.45) is 3.02. The van der Waals surface area contributed by atoms with Gasteiger partial charge in [0.1, 0.15) is 5.75 Å². The van der Waals surface area contributed by atoms with Crippen molar-refractivity contribution in [1.82, 2.24) is 0 Å². The molecule has 0 bridgehead atoms. The number of rotatable bonds is 1. The van der Waals surface area contributed by atoms with Gasteiger partial charge in [-0.15, -0.1) is 0 Å². The largest absolute Gasteiger partial charge is 0.450 e. The van der Waals surface area contributed by atoms with Crippen molar-refractivity contribution < 1.29 is 14.3 Å². The maximum absolute atomic E-state index is 11.7. The molecule has 0 amide bonds. The summed E-state index contributed by atoms with van der Waals surface area (Å²) in [5.74, 6) is 0.466. The van der Waals surface area contributed by atoms with Crippen LogP contribution < -0.4 is 4.74 Å². The van der Waals surface area contributed by atoms with E-state index >= 15 is 0 Å². The molecule has 3 nitrogen and oxygen atoms in total. The molecule has 1 unspecified atom stereocenters. The van der Waals surface area contributed by atoms with Gasteiger partial charge in [0.15, 0.2) is 0 Å². The Morgan fingerprint density at radius 1 is 1.29 bits per heavy atom. The number of esters is 1. The minimum Gasteiger partial charge on any atom is -0.450 e. The highest BCUT2D eigenvalue weighted by Crippen LogP contribution is 2.27. The maximum Gasteiger partial charge on any atom is 0.314 e. The predicted molar refractivity (Wildman–Crippen MR) is 65.4 cm³/mol. The molecule has 90 valence electrons. The lowest BCUT2D eigenvalue weighted by Crippen LogP contribution is -2.31. The molecule has 1 aliphatic rings. The summed E-state index contributed by atoms with van der Waals surface area (Å²) in [5, 5.41) is 0. The predicted octanol–water partition coefficient (Wildman–Crippen LogP) is 3.01. The average Bonchev–Trinajstić information content (AvgIpc) is 2.27. The molecule has 17 heavy (non-hydrogen) atoms. The summed E-state index contributed by atoms with van der Waals surface area (Å²) in [7, 11) is 0. The summed E-state index contributed by atoms with van der Waals surface area (Å²) >= 11 is 0. The van der Waals surface area contributed by atoms with Crippen LogP contribution in [0, 0.1) is 5.41 Å². The molecule has 2 rings (SSSR count). The molecule has 1 aromatic rings. The SMILES string of the molecule is CC(C)(C)C(=O)OC1C=Cc2ccccc2O1. The van der Waals surface area contributed by atoms with Gasteiger partial charge in [0, 0.05) is 5.56 Å². The van der Waals surface area contributed by atoms with Crippen LogP contribution in [-0.2, 0) is 9.53 Å². The normalized spacial score (nSPS) is 18.2. The third kappa shape index (κ3) is 2.67. The number of carbonyl (C=O) groups is 1. The Kier molecular flexibility index (Phi) is 2.92. The molecule has 0 radical (unpaired) electrons.